The Labute approximate surface area is 121 Å². The zero-order chi connectivity index (χ0) is 15.6. The van der Waals surface area contributed by atoms with Gasteiger partial charge in [0.25, 0.3) is 15.6 Å². The van der Waals surface area contributed by atoms with Gasteiger partial charge in [0.05, 0.1) is 5.69 Å². The minimum atomic E-state index is -4.08. The van der Waals surface area contributed by atoms with Crippen LogP contribution in [0, 0.1) is 6.92 Å². The van der Waals surface area contributed by atoms with Crippen LogP contribution in [-0.2, 0) is 16.4 Å². The van der Waals surface area contributed by atoms with Crippen LogP contribution < -0.4 is 16.0 Å². The average molecular weight is 309 g/mol. The summed E-state index contributed by atoms with van der Waals surface area (Å²) >= 11 is 0. The molecule has 0 amide bonds. The molecule has 0 saturated heterocycles. The number of nitrogens with one attached hydrogen (secondary N) is 3. The summed E-state index contributed by atoms with van der Waals surface area (Å²) in [7, 11) is -4.08. The van der Waals surface area contributed by atoms with Crippen molar-refractivity contribution in [3.05, 3.63) is 56.4 Å². The fourth-order valence-corrected chi connectivity index (χ4v) is 3.14. The molecule has 0 atom stereocenters. The predicted molar refractivity (Wildman–Crippen MR) is 79.0 cm³/mol. The maximum absolute atomic E-state index is 12.3. The molecule has 0 saturated carbocycles. The van der Waals surface area contributed by atoms with Crippen LogP contribution in [0.15, 0.2) is 38.9 Å². The maximum atomic E-state index is 12.3. The summed E-state index contributed by atoms with van der Waals surface area (Å²) in [5.74, 6) is 0. The van der Waals surface area contributed by atoms with E-state index in [4.69, 9.17) is 0 Å². The molecule has 8 heteroatoms. The van der Waals surface area contributed by atoms with Crippen molar-refractivity contribution in [3.8, 4) is 0 Å². The van der Waals surface area contributed by atoms with E-state index in [0.29, 0.717) is 12.1 Å². The third kappa shape index (κ3) is 3.05. The van der Waals surface area contributed by atoms with Crippen molar-refractivity contribution in [2.24, 2.45) is 0 Å². The van der Waals surface area contributed by atoms with Gasteiger partial charge in [0.2, 0.25) is 0 Å². The van der Waals surface area contributed by atoms with Crippen LogP contribution in [0.25, 0.3) is 0 Å². The van der Waals surface area contributed by atoms with Crippen LogP contribution in [0.1, 0.15) is 18.1 Å². The molecule has 21 heavy (non-hydrogen) atoms. The molecule has 0 bridgehead atoms. The van der Waals surface area contributed by atoms with Crippen molar-refractivity contribution >= 4 is 15.7 Å². The number of aromatic nitrogens is 2. The Kier molecular flexibility index (Phi) is 3.99. The summed E-state index contributed by atoms with van der Waals surface area (Å²) in [4.78, 5) is 26.1. The molecule has 1 heterocycles. The van der Waals surface area contributed by atoms with Crippen molar-refractivity contribution in [1.82, 2.24) is 9.97 Å². The van der Waals surface area contributed by atoms with Gasteiger partial charge in [0, 0.05) is 6.20 Å². The number of sulfonamides is 1. The van der Waals surface area contributed by atoms with Crippen LogP contribution in [0.5, 0.6) is 0 Å². The largest absolute Gasteiger partial charge is 0.325 e. The molecule has 1 aromatic heterocycles. The van der Waals surface area contributed by atoms with E-state index < -0.39 is 26.2 Å². The first-order valence-corrected chi connectivity index (χ1v) is 7.77. The monoisotopic (exact) mass is 309 g/mol. The number of H-pyrrole nitrogens is 2. The Morgan fingerprint density at radius 2 is 1.95 bits per heavy atom. The van der Waals surface area contributed by atoms with E-state index in [-0.39, 0.29) is 0 Å². The van der Waals surface area contributed by atoms with E-state index in [9.17, 15) is 18.0 Å². The second kappa shape index (κ2) is 5.57. The van der Waals surface area contributed by atoms with Crippen LogP contribution >= 0.6 is 0 Å². The smallest absolute Gasteiger partial charge is 0.313 e. The highest BCUT2D eigenvalue weighted by Gasteiger charge is 2.20. The van der Waals surface area contributed by atoms with Crippen molar-refractivity contribution < 1.29 is 8.42 Å². The number of hydrogen-bond donors (Lipinski definition) is 3. The minimum absolute atomic E-state index is 0.450. The Balaban J connectivity index is 2.52. The summed E-state index contributed by atoms with van der Waals surface area (Å²) in [5.41, 5.74) is 0.297. The van der Waals surface area contributed by atoms with Crippen molar-refractivity contribution in [2.75, 3.05) is 4.72 Å². The lowest BCUT2D eigenvalue weighted by molar-refractivity contribution is 0.599. The molecule has 0 unspecified atom stereocenters. The molecule has 0 spiro atoms. The quantitative estimate of drug-likeness (QED) is 0.773. The maximum Gasteiger partial charge on any atom is 0.325 e. The van der Waals surface area contributed by atoms with E-state index in [2.05, 4.69) is 9.71 Å². The van der Waals surface area contributed by atoms with Gasteiger partial charge in [-0.2, -0.15) is 0 Å². The number of hydrogen-bond acceptors (Lipinski definition) is 4. The lowest BCUT2D eigenvalue weighted by Crippen LogP contribution is -2.29. The summed E-state index contributed by atoms with van der Waals surface area (Å²) in [5, 5.41) is 0. The molecular formula is C13H15N3O4S. The van der Waals surface area contributed by atoms with Gasteiger partial charge >= 0.3 is 5.69 Å². The third-order valence-corrected chi connectivity index (χ3v) is 4.41. The van der Waals surface area contributed by atoms with Gasteiger partial charge in [-0.15, -0.1) is 0 Å². The van der Waals surface area contributed by atoms with Gasteiger partial charge in [-0.3, -0.25) is 14.5 Å². The van der Waals surface area contributed by atoms with Gasteiger partial charge in [0.15, 0.2) is 4.90 Å². The number of aryl methyl sites for hydroxylation is 2. The molecule has 1 aromatic carbocycles. The Morgan fingerprint density at radius 3 is 2.57 bits per heavy atom. The first-order chi connectivity index (χ1) is 9.85. The van der Waals surface area contributed by atoms with Gasteiger partial charge in [0.1, 0.15) is 0 Å². The van der Waals surface area contributed by atoms with E-state index >= 15 is 0 Å². The van der Waals surface area contributed by atoms with Crippen LogP contribution in [0.3, 0.4) is 0 Å². The van der Waals surface area contributed by atoms with Gasteiger partial charge in [-0.05, 0) is 24.5 Å². The minimum Gasteiger partial charge on any atom is -0.313 e. The zero-order valence-corrected chi connectivity index (χ0v) is 12.4. The first kappa shape index (κ1) is 15.0. The standard InChI is InChI=1S/C13H15N3O4S/c1-3-9-6-4-5-8(2)11(9)16-21(19,20)10-7-14-13(18)15-12(10)17/h4-7,16H,3H2,1-2H3,(H2,14,15,17,18). The second-order valence-electron chi connectivity index (χ2n) is 4.50. The Bertz CT molecular complexity index is 881. The zero-order valence-electron chi connectivity index (χ0n) is 11.6. The second-order valence-corrected chi connectivity index (χ2v) is 6.16. The molecular weight excluding hydrogens is 294 g/mol. The molecule has 0 aliphatic carbocycles. The molecule has 112 valence electrons. The number of rotatable bonds is 4. The van der Waals surface area contributed by atoms with Crippen LogP contribution in [-0.4, -0.2) is 18.4 Å². The number of benzene rings is 1. The molecule has 0 radical (unpaired) electrons. The summed E-state index contributed by atoms with van der Waals surface area (Å²) in [6, 6.07) is 5.41. The highest BCUT2D eigenvalue weighted by Crippen LogP contribution is 2.23. The van der Waals surface area contributed by atoms with E-state index in [1.54, 1.807) is 13.0 Å². The van der Waals surface area contributed by atoms with Gasteiger partial charge in [-0.1, -0.05) is 25.1 Å². The lowest BCUT2D eigenvalue weighted by Gasteiger charge is -2.13. The fraction of sp³-hybridized carbons (Fsp3) is 0.231. The first-order valence-electron chi connectivity index (χ1n) is 6.28. The molecule has 0 aliphatic rings. The third-order valence-electron chi connectivity index (χ3n) is 3.05. The van der Waals surface area contributed by atoms with E-state index in [1.165, 1.54) is 0 Å². The SMILES string of the molecule is CCc1cccc(C)c1NS(=O)(=O)c1c[nH]c(=O)[nH]c1=O. The predicted octanol–water partition coefficient (Wildman–Crippen LogP) is 0.735. The lowest BCUT2D eigenvalue weighted by atomic mass is 10.1. The molecule has 2 rings (SSSR count). The van der Waals surface area contributed by atoms with Crippen molar-refractivity contribution in [2.45, 2.75) is 25.2 Å². The normalized spacial score (nSPS) is 11.3. The van der Waals surface area contributed by atoms with Crippen molar-refractivity contribution in [3.63, 3.8) is 0 Å². The number of para-hydroxylation sites is 1. The molecule has 0 fully saturated rings. The highest BCUT2D eigenvalue weighted by molar-refractivity contribution is 7.92. The Hall–Kier alpha value is -2.35. The summed E-state index contributed by atoms with van der Waals surface area (Å²) in [6.45, 7) is 3.67. The van der Waals surface area contributed by atoms with Crippen LogP contribution in [0.2, 0.25) is 0 Å². The topological polar surface area (TPSA) is 112 Å². The molecule has 7 nitrogen and oxygen atoms in total. The number of anilines is 1. The van der Waals surface area contributed by atoms with Crippen molar-refractivity contribution in [1.29, 1.82) is 0 Å². The van der Waals surface area contributed by atoms with E-state index in [1.807, 2.05) is 24.0 Å². The summed E-state index contributed by atoms with van der Waals surface area (Å²) < 4.78 is 27.0. The highest BCUT2D eigenvalue weighted by atomic mass is 32.2. The summed E-state index contributed by atoms with van der Waals surface area (Å²) in [6.07, 6.45) is 1.52. The fourth-order valence-electron chi connectivity index (χ4n) is 1.96. The molecule has 2 aromatic rings. The Morgan fingerprint density at radius 1 is 1.24 bits per heavy atom. The average Bonchev–Trinajstić information content (AvgIpc) is 2.40. The van der Waals surface area contributed by atoms with Crippen LogP contribution in [0.4, 0.5) is 5.69 Å². The van der Waals surface area contributed by atoms with Gasteiger partial charge < -0.3 is 4.98 Å². The molecule has 0 aliphatic heterocycles. The van der Waals surface area contributed by atoms with Gasteiger partial charge in [-0.25, -0.2) is 13.2 Å². The molecule has 3 N–H and O–H groups in total. The number of aromatic amines is 2. The van der Waals surface area contributed by atoms with E-state index in [0.717, 1.165) is 17.3 Å².